The first kappa shape index (κ1) is 13.5. The molecular weight excluding hydrogens is 264 g/mol. The summed E-state index contributed by atoms with van der Waals surface area (Å²) in [4.78, 5) is 12.0. The number of hydrogen-bond donors (Lipinski definition) is 3. The van der Waals surface area contributed by atoms with Crippen LogP contribution in [0.4, 0.5) is 0 Å². The highest BCUT2D eigenvalue weighted by Gasteiger charge is 2.64. The van der Waals surface area contributed by atoms with Crippen LogP contribution in [0.25, 0.3) is 0 Å². The fourth-order valence-corrected chi connectivity index (χ4v) is 2.76. The third-order valence-corrected chi connectivity index (χ3v) is 4.06. The Kier molecular flexibility index (Phi) is 3.25. The van der Waals surface area contributed by atoms with E-state index in [4.69, 9.17) is 9.47 Å². The number of aliphatic hydroxyl groups excluding tert-OH is 3. The molecule has 0 radical (unpaired) electrons. The van der Waals surface area contributed by atoms with Crippen LogP contribution >= 0.6 is 0 Å². The van der Waals surface area contributed by atoms with E-state index in [2.05, 4.69) is 0 Å². The Labute approximate surface area is 115 Å². The van der Waals surface area contributed by atoms with Gasteiger partial charge in [-0.05, 0) is 25.0 Å². The minimum atomic E-state index is -1.46. The van der Waals surface area contributed by atoms with Crippen LogP contribution in [0.2, 0.25) is 0 Å². The van der Waals surface area contributed by atoms with Gasteiger partial charge in [-0.1, -0.05) is 18.2 Å². The molecule has 1 aliphatic heterocycles. The van der Waals surface area contributed by atoms with Crippen molar-refractivity contribution in [2.75, 3.05) is 0 Å². The topological polar surface area (TPSA) is 96.2 Å². The van der Waals surface area contributed by atoms with Crippen molar-refractivity contribution in [3.8, 4) is 0 Å². The van der Waals surface area contributed by atoms with Crippen LogP contribution in [0.3, 0.4) is 0 Å². The van der Waals surface area contributed by atoms with E-state index in [1.54, 1.807) is 30.3 Å². The van der Waals surface area contributed by atoms with Crippen molar-refractivity contribution in [3.63, 3.8) is 0 Å². The number of rotatable bonds is 2. The van der Waals surface area contributed by atoms with Crippen molar-refractivity contribution in [2.24, 2.45) is 0 Å². The molecule has 0 bridgehead atoms. The molecule has 20 heavy (non-hydrogen) atoms. The van der Waals surface area contributed by atoms with E-state index < -0.39 is 36.2 Å². The van der Waals surface area contributed by atoms with Gasteiger partial charge in [-0.2, -0.15) is 0 Å². The molecule has 0 amide bonds. The summed E-state index contributed by atoms with van der Waals surface area (Å²) in [5.74, 6) is -0.513. The zero-order chi connectivity index (χ0) is 14.3. The molecule has 1 aromatic carbocycles. The number of hydrogen-bond acceptors (Lipinski definition) is 6. The molecule has 2 aliphatic rings. The number of benzene rings is 1. The van der Waals surface area contributed by atoms with Gasteiger partial charge >= 0.3 is 5.97 Å². The van der Waals surface area contributed by atoms with Gasteiger partial charge in [0, 0.05) is 0 Å². The number of carbonyl (C=O) groups is 1. The molecular formula is C14H16O6. The van der Waals surface area contributed by atoms with Gasteiger partial charge in [0.1, 0.15) is 23.9 Å². The molecule has 6 heteroatoms. The second kappa shape index (κ2) is 4.82. The van der Waals surface area contributed by atoms with Gasteiger partial charge in [-0.15, -0.1) is 0 Å². The maximum Gasteiger partial charge on any atom is 0.338 e. The van der Waals surface area contributed by atoms with Crippen molar-refractivity contribution in [2.45, 2.75) is 43.0 Å². The summed E-state index contributed by atoms with van der Waals surface area (Å²) in [6.45, 7) is 0. The van der Waals surface area contributed by atoms with Gasteiger partial charge < -0.3 is 24.8 Å². The zero-order valence-electron chi connectivity index (χ0n) is 10.7. The molecule has 5 atom stereocenters. The van der Waals surface area contributed by atoms with Gasteiger partial charge in [-0.3, -0.25) is 0 Å². The quantitative estimate of drug-likeness (QED) is 0.650. The van der Waals surface area contributed by atoms with Gasteiger partial charge in [0.2, 0.25) is 0 Å². The summed E-state index contributed by atoms with van der Waals surface area (Å²) in [7, 11) is 0. The molecule has 1 saturated carbocycles. The maximum absolute atomic E-state index is 12.0. The average molecular weight is 280 g/mol. The lowest BCUT2D eigenvalue weighted by Gasteiger charge is -2.46. The molecule has 6 nitrogen and oxygen atoms in total. The minimum absolute atomic E-state index is 0.406. The molecule has 108 valence electrons. The van der Waals surface area contributed by atoms with Crippen LogP contribution < -0.4 is 0 Å². The van der Waals surface area contributed by atoms with Gasteiger partial charge in [0.25, 0.3) is 0 Å². The molecule has 1 aromatic rings. The Balaban J connectivity index is 1.72. The number of ether oxygens (including phenoxy) is 2. The van der Waals surface area contributed by atoms with Crippen LogP contribution in [-0.4, -0.2) is 51.5 Å². The number of carbonyl (C=O) groups excluding carboxylic acids is 1. The monoisotopic (exact) mass is 280 g/mol. The van der Waals surface area contributed by atoms with Crippen molar-refractivity contribution in [1.29, 1.82) is 0 Å². The summed E-state index contributed by atoms with van der Waals surface area (Å²) < 4.78 is 10.6. The molecule has 3 rings (SSSR count). The van der Waals surface area contributed by atoms with Crippen LogP contribution in [0, 0.1) is 0 Å². The van der Waals surface area contributed by atoms with E-state index in [0.29, 0.717) is 18.4 Å². The average Bonchev–Trinajstić information content (AvgIpc) is 2.70. The van der Waals surface area contributed by atoms with Crippen LogP contribution in [0.1, 0.15) is 23.2 Å². The summed E-state index contributed by atoms with van der Waals surface area (Å²) in [6.07, 6.45) is -3.82. The van der Waals surface area contributed by atoms with Crippen molar-refractivity contribution >= 4 is 5.97 Å². The third kappa shape index (κ3) is 1.92. The smallest absolute Gasteiger partial charge is 0.338 e. The molecule has 1 saturated heterocycles. The summed E-state index contributed by atoms with van der Waals surface area (Å²) in [5.41, 5.74) is -0.786. The van der Waals surface area contributed by atoms with Crippen LogP contribution in [0.15, 0.2) is 30.3 Å². The van der Waals surface area contributed by atoms with E-state index >= 15 is 0 Å². The lowest BCUT2D eigenvalue weighted by atomic mass is 9.72. The highest BCUT2D eigenvalue weighted by molar-refractivity contribution is 5.89. The van der Waals surface area contributed by atoms with E-state index in [0.717, 1.165) is 0 Å². The van der Waals surface area contributed by atoms with E-state index in [1.165, 1.54) is 0 Å². The highest BCUT2D eigenvalue weighted by Crippen LogP contribution is 2.47. The lowest BCUT2D eigenvalue weighted by molar-refractivity contribution is -0.235. The van der Waals surface area contributed by atoms with Crippen molar-refractivity contribution in [1.82, 2.24) is 0 Å². The van der Waals surface area contributed by atoms with Gasteiger partial charge in [-0.25, -0.2) is 4.79 Å². The number of esters is 1. The van der Waals surface area contributed by atoms with Crippen molar-refractivity contribution in [3.05, 3.63) is 35.9 Å². The van der Waals surface area contributed by atoms with E-state index in [-0.39, 0.29) is 0 Å². The standard InChI is InChI=1S/C14H16O6/c15-10-11(16)14(20-13(10)18)7-6-9(14)19-12(17)8-4-2-1-3-5-8/h1-5,9-11,13,15-16,18H,6-7H2/t9-,10?,11?,13?,14+/m1/s1. The molecule has 1 heterocycles. The fraction of sp³-hybridized carbons (Fsp3) is 0.500. The number of aliphatic hydroxyl groups is 3. The van der Waals surface area contributed by atoms with Gasteiger partial charge in [0.05, 0.1) is 5.56 Å². The Morgan fingerprint density at radius 1 is 1.25 bits per heavy atom. The second-order valence-corrected chi connectivity index (χ2v) is 5.20. The SMILES string of the molecule is O=C(O[C@@H]1CC[C@]12OC(O)C(O)C2O)c1ccccc1. The summed E-state index contributed by atoms with van der Waals surface area (Å²) >= 11 is 0. The molecule has 1 aliphatic carbocycles. The predicted molar refractivity (Wildman–Crippen MR) is 66.7 cm³/mol. The van der Waals surface area contributed by atoms with Gasteiger partial charge in [0.15, 0.2) is 6.29 Å². The highest BCUT2D eigenvalue weighted by atomic mass is 16.7. The lowest BCUT2D eigenvalue weighted by Crippen LogP contribution is -2.61. The van der Waals surface area contributed by atoms with E-state index in [1.807, 2.05) is 0 Å². The second-order valence-electron chi connectivity index (χ2n) is 5.20. The molecule has 1 spiro atoms. The normalized spacial score (nSPS) is 39.5. The largest absolute Gasteiger partial charge is 0.456 e. The first-order valence-corrected chi connectivity index (χ1v) is 6.52. The fourth-order valence-electron chi connectivity index (χ4n) is 2.76. The first-order chi connectivity index (χ1) is 9.54. The maximum atomic E-state index is 12.0. The van der Waals surface area contributed by atoms with Crippen molar-refractivity contribution < 1.29 is 29.6 Å². The van der Waals surface area contributed by atoms with Crippen LogP contribution in [-0.2, 0) is 9.47 Å². The summed E-state index contributed by atoms with van der Waals surface area (Å²) in [5, 5.41) is 29.0. The molecule has 3 N–H and O–H groups in total. The Morgan fingerprint density at radius 2 is 1.95 bits per heavy atom. The zero-order valence-corrected chi connectivity index (χ0v) is 10.7. The third-order valence-electron chi connectivity index (χ3n) is 4.06. The Hall–Kier alpha value is -1.47. The van der Waals surface area contributed by atoms with Crippen LogP contribution in [0.5, 0.6) is 0 Å². The molecule has 2 fully saturated rings. The Morgan fingerprint density at radius 3 is 2.45 bits per heavy atom. The first-order valence-electron chi connectivity index (χ1n) is 6.52. The summed E-state index contributed by atoms with van der Waals surface area (Å²) in [6, 6.07) is 8.49. The minimum Gasteiger partial charge on any atom is -0.456 e. The predicted octanol–water partition coefficient (Wildman–Crippen LogP) is -0.185. The van der Waals surface area contributed by atoms with E-state index in [9.17, 15) is 20.1 Å². The molecule has 0 aromatic heterocycles. The molecule has 3 unspecified atom stereocenters. The Bertz CT molecular complexity index is 504.